The minimum Gasteiger partial charge on any atom is -0.388 e. The van der Waals surface area contributed by atoms with Gasteiger partial charge in [0.2, 0.25) is 0 Å². The molecule has 0 amide bonds. The van der Waals surface area contributed by atoms with Crippen LogP contribution < -0.4 is 10.6 Å². The molecule has 2 N–H and O–H groups in total. The molecule has 3 nitrogen and oxygen atoms in total. The normalized spacial score (nSPS) is 15.8. The molecule has 2 rings (SSSR count). The number of aromatic nitrogens is 1. The Morgan fingerprint density at radius 2 is 2.10 bits per heavy atom. The number of pyridine rings is 1. The van der Waals surface area contributed by atoms with Crippen molar-refractivity contribution in [2.75, 3.05) is 11.4 Å². The van der Waals surface area contributed by atoms with Crippen LogP contribution in [0.4, 0.5) is 5.69 Å². The van der Waals surface area contributed by atoms with Crippen LogP contribution in [-0.2, 0) is 0 Å². The monoisotopic (exact) mass is 291 g/mol. The second kappa shape index (κ2) is 7.02. The minimum absolute atomic E-state index is 0.367. The van der Waals surface area contributed by atoms with E-state index in [1.165, 1.54) is 37.8 Å². The van der Waals surface area contributed by atoms with Gasteiger partial charge in [0.1, 0.15) is 4.99 Å². The van der Waals surface area contributed by atoms with Gasteiger partial charge in [-0.2, -0.15) is 0 Å². The van der Waals surface area contributed by atoms with Crippen LogP contribution in [0.25, 0.3) is 0 Å². The zero-order valence-electron chi connectivity index (χ0n) is 12.5. The third-order valence-electron chi connectivity index (χ3n) is 4.04. The molecule has 0 aliphatic heterocycles. The number of thiocarbonyl (C=S) groups is 1. The Morgan fingerprint density at radius 1 is 1.40 bits per heavy atom. The predicted molar refractivity (Wildman–Crippen MR) is 89.2 cm³/mol. The molecule has 1 aromatic rings. The van der Waals surface area contributed by atoms with E-state index in [2.05, 4.69) is 29.8 Å². The third-order valence-corrected chi connectivity index (χ3v) is 4.25. The maximum Gasteiger partial charge on any atom is 0.122 e. The van der Waals surface area contributed by atoms with E-state index >= 15 is 0 Å². The molecule has 4 heteroatoms. The van der Waals surface area contributed by atoms with Crippen LogP contribution in [0.3, 0.4) is 0 Å². The average molecular weight is 291 g/mol. The van der Waals surface area contributed by atoms with Crippen molar-refractivity contribution in [2.24, 2.45) is 11.7 Å². The minimum atomic E-state index is 0.367. The first-order chi connectivity index (χ1) is 9.58. The maximum absolute atomic E-state index is 5.62. The molecule has 110 valence electrons. The highest BCUT2D eigenvalue weighted by Gasteiger charge is 2.23. The van der Waals surface area contributed by atoms with Crippen LogP contribution in [0.15, 0.2) is 18.3 Å². The van der Waals surface area contributed by atoms with Crippen LogP contribution in [0.1, 0.15) is 51.6 Å². The summed E-state index contributed by atoms with van der Waals surface area (Å²) in [4.78, 5) is 7.29. The van der Waals surface area contributed by atoms with Crippen molar-refractivity contribution in [3.8, 4) is 0 Å². The summed E-state index contributed by atoms with van der Waals surface area (Å²) < 4.78 is 0. The number of hydrogen-bond acceptors (Lipinski definition) is 3. The number of anilines is 1. The molecule has 0 aromatic carbocycles. The van der Waals surface area contributed by atoms with Gasteiger partial charge in [0, 0.05) is 12.6 Å². The third kappa shape index (κ3) is 3.92. The molecule has 20 heavy (non-hydrogen) atoms. The summed E-state index contributed by atoms with van der Waals surface area (Å²) in [6.45, 7) is 5.67. The van der Waals surface area contributed by atoms with E-state index < -0.39 is 0 Å². The van der Waals surface area contributed by atoms with Crippen molar-refractivity contribution in [3.05, 3.63) is 24.0 Å². The highest BCUT2D eigenvalue weighted by Crippen LogP contribution is 2.28. The zero-order chi connectivity index (χ0) is 14.5. The molecule has 0 bridgehead atoms. The van der Waals surface area contributed by atoms with E-state index in [1.54, 1.807) is 0 Å². The molecular formula is C16H25N3S. The van der Waals surface area contributed by atoms with Gasteiger partial charge < -0.3 is 10.6 Å². The highest BCUT2D eigenvalue weighted by atomic mass is 32.1. The summed E-state index contributed by atoms with van der Waals surface area (Å²) >= 11 is 4.97. The van der Waals surface area contributed by atoms with Gasteiger partial charge in [-0.3, -0.25) is 4.98 Å². The topological polar surface area (TPSA) is 42.1 Å². The largest absolute Gasteiger partial charge is 0.388 e. The Balaban J connectivity index is 2.13. The molecule has 0 saturated heterocycles. The van der Waals surface area contributed by atoms with Gasteiger partial charge >= 0.3 is 0 Å². The summed E-state index contributed by atoms with van der Waals surface area (Å²) in [5.41, 5.74) is 7.53. The molecule has 0 atom stereocenters. The fourth-order valence-electron chi connectivity index (χ4n) is 2.84. The smallest absolute Gasteiger partial charge is 0.122 e. The van der Waals surface area contributed by atoms with Gasteiger partial charge in [-0.1, -0.05) is 38.9 Å². The summed E-state index contributed by atoms with van der Waals surface area (Å²) in [6, 6.07) is 4.72. The Labute approximate surface area is 127 Å². The molecule has 1 heterocycles. The van der Waals surface area contributed by atoms with Crippen LogP contribution in [-0.4, -0.2) is 22.6 Å². The van der Waals surface area contributed by atoms with Crippen molar-refractivity contribution in [1.29, 1.82) is 0 Å². The Bertz CT molecular complexity index is 436. The molecule has 1 aliphatic rings. The molecule has 1 saturated carbocycles. The van der Waals surface area contributed by atoms with E-state index in [1.807, 2.05) is 12.3 Å². The fraction of sp³-hybridized carbons (Fsp3) is 0.625. The Morgan fingerprint density at radius 3 is 2.60 bits per heavy atom. The SMILES string of the molecule is CC(C)CCN(c1ccc(C(N)=S)nc1)C1CCCC1. The lowest BCUT2D eigenvalue weighted by Gasteiger charge is -2.31. The number of nitrogens with two attached hydrogens (primary N) is 1. The molecular weight excluding hydrogens is 266 g/mol. The Kier molecular flexibility index (Phi) is 5.35. The highest BCUT2D eigenvalue weighted by molar-refractivity contribution is 7.80. The average Bonchev–Trinajstić information content (AvgIpc) is 2.93. The van der Waals surface area contributed by atoms with E-state index in [-0.39, 0.29) is 0 Å². The van der Waals surface area contributed by atoms with Crippen LogP contribution in [0.5, 0.6) is 0 Å². The molecule has 1 fully saturated rings. The summed E-state index contributed by atoms with van der Waals surface area (Å²) in [7, 11) is 0. The lowest BCUT2D eigenvalue weighted by atomic mass is 10.1. The summed E-state index contributed by atoms with van der Waals surface area (Å²) in [5.74, 6) is 0.725. The fourth-order valence-corrected chi connectivity index (χ4v) is 2.96. The predicted octanol–water partition coefficient (Wildman–Crippen LogP) is 3.51. The summed E-state index contributed by atoms with van der Waals surface area (Å²) in [6.07, 6.45) is 8.44. The Hall–Kier alpha value is -1.16. The summed E-state index contributed by atoms with van der Waals surface area (Å²) in [5, 5.41) is 0. The lowest BCUT2D eigenvalue weighted by Crippen LogP contribution is -2.35. The molecule has 0 radical (unpaired) electrons. The van der Waals surface area contributed by atoms with E-state index in [4.69, 9.17) is 18.0 Å². The maximum atomic E-state index is 5.62. The van der Waals surface area contributed by atoms with Crippen molar-refractivity contribution in [3.63, 3.8) is 0 Å². The molecule has 0 spiro atoms. The van der Waals surface area contributed by atoms with Crippen molar-refractivity contribution < 1.29 is 0 Å². The second-order valence-corrected chi connectivity index (χ2v) is 6.52. The first-order valence-electron chi connectivity index (χ1n) is 7.60. The van der Waals surface area contributed by atoms with Gasteiger partial charge in [0.25, 0.3) is 0 Å². The van der Waals surface area contributed by atoms with Gasteiger partial charge in [0.15, 0.2) is 0 Å². The van der Waals surface area contributed by atoms with Gasteiger partial charge in [0.05, 0.1) is 17.6 Å². The van der Waals surface area contributed by atoms with Gasteiger partial charge in [-0.05, 0) is 37.3 Å². The van der Waals surface area contributed by atoms with Gasteiger partial charge in [-0.25, -0.2) is 0 Å². The number of nitrogens with zero attached hydrogens (tertiary/aromatic N) is 2. The van der Waals surface area contributed by atoms with E-state index in [0.29, 0.717) is 16.7 Å². The van der Waals surface area contributed by atoms with Gasteiger partial charge in [-0.15, -0.1) is 0 Å². The van der Waals surface area contributed by atoms with Crippen LogP contribution >= 0.6 is 12.2 Å². The van der Waals surface area contributed by atoms with Crippen LogP contribution in [0.2, 0.25) is 0 Å². The number of rotatable bonds is 6. The van der Waals surface area contributed by atoms with E-state index in [9.17, 15) is 0 Å². The second-order valence-electron chi connectivity index (χ2n) is 6.08. The first-order valence-corrected chi connectivity index (χ1v) is 8.01. The molecule has 1 aromatic heterocycles. The first kappa shape index (κ1) is 15.2. The molecule has 0 unspecified atom stereocenters. The van der Waals surface area contributed by atoms with Crippen molar-refractivity contribution >= 4 is 22.9 Å². The zero-order valence-corrected chi connectivity index (χ0v) is 13.3. The standard InChI is InChI=1S/C16H25N3S/c1-12(2)9-10-19(13-5-3-4-6-13)14-7-8-15(16(17)20)18-11-14/h7-8,11-13H,3-6,9-10H2,1-2H3,(H2,17,20). The van der Waals surface area contributed by atoms with E-state index in [0.717, 1.165) is 12.5 Å². The van der Waals surface area contributed by atoms with Crippen LogP contribution in [0, 0.1) is 5.92 Å². The van der Waals surface area contributed by atoms with Crippen molar-refractivity contribution in [2.45, 2.75) is 52.0 Å². The lowest BCUT2D eigenvalue weighted by molar-refractivity contribution is 0.528. The quantitative estimate of drug-likeness (QED) is 0.814. The molecule has 1 aliphatic carbocycles. The van der Waals surface area contributed by atoms with Crippen molar-refractivity contribution in [1.82, 2.24) is 4.98 Å². The number of hydrogen-bond donors (Lipinski definition) is 1.